The van der Waals surface area contributed by atoms with Crippen molar-refractivity contribution in [1.82, 2.24) is 14.6 Å². The van der Waals surface area contributed by atoms with Crippen molar-refractivity contribution in [3.8, 4) is 0 Å². The Bertz CT molecular complexity index is 518. The van der Waals surface area contributed by atoms with E-state index in [4.69, 9.17) is 11.6 Å². The Morgan fingerprint density at radius 1 is 1.57 bits per heavy atom. The molecule has 2 rings (SSSR count). The van der Waals surface area contributed by atoms with Gasteiger partial charge in [0, 0.05) is 5.69 Å². The topological polar surface area (TPSA) is 47.3 Å². The van der Waals surface area contributed by atoms with Gasteiger partial charge in [-0.1, -0.05) is 11.6 Å². The van der Waals surface area contributed by atoms with E-state index >= 15 is 0 Å². The van der Waals surface area contributed by atoms with Crippen LogP contribution in [0.1, 0.15) is 23.0 Å². The van der Waals surface area contributed by atoms with E-state index in [1.165, 1.54) is 17.6 Å². The number of nitrogens with zero attached hydrogens (tertiary/aromatic N) is 3. The van der Waals surface area contributed by atoms with Crippen molar-refractivity contribution in [3.05, 3.63) is 28.7 Å². The van der Waals surface area contributed by atoms with Gasteiger partial charge in [-0.3, -0.25) is 4.79 Å². The first-order valence-electron chi connectivity index (χ1n) is 4.11. The van der Waals surface area contributed by atoms with Crippen LogP contribution < -0.4 is 0 Å². The first-order valence-corrected chi connectivity index (χ1v) is 4.49. The van der Waals surface area contributed by atoms with Gasteiger partial charge < -0.3 is 0 Å². The smallest absolute Gasteiger partial charge is 0.167 e. The zero-order valence-electron chi connectivity index (χ0n) is 7.78. The third kappa shape index (κ3) is 1.28. The van der Waals surface area contributed by atoms with Crippen LogP contribution in [-0.4, -0.2) is 20.4 Å². The second kappa shape index (κ2) is 3.06. The number of aryl methyl sites for hydroxylation is 1. The van der Waals surface area contributed by atoms with Crippen LogP contribution >= 0.6 is 11.6 Å². The quantitative estimate of drug-likeness (QED) is 0.532. The molecule has 0 saturated carbocycles. The lowest BCUT2D eigenvalue weighted by atomic mass is 10.2. The summed E-state index contributed by atoms with van der Waals surface area (Å²) in [7, 11) is 0. The summed E-state index contributed by atoms with van der Waals surface area (Å²) in [6.45, 7) is 3.30. The van der Waals surface area contributed by atoms with Gasteiger partial charge in [-0.2, -0.15) is 5.10 Å². The van der Waals surface area contributed by atoms with Crippen molar-refractivity contribution in [3.63, 3.8) is 0 Å². The fourth-order valence-electron chi connectivity index (χ4n) is 1.29. The average Bonchev–Trinajstić information content (AvgIpc) is 2.47. The zero-order chi connectivity index (χ0) is 10.3. The summed E-state index contributed by atoms with van der Waals surface area (Å²) in [5.41, 5.74) is 1.78. The lowest BCUT2D eigenvalue weighted by molar-refractivity contribution is 0.101. The molecule has 5 heteroatoms. The number of hydrogen-bond donors (Lipinski definition) is 0. The Morgan fingerprint density at radius 3 is 2.93 bits per heavy atom. The molecule has 0 fully saturated rings. The molecule has 0 unspecified atom stereocenters. The summed E-state index contributed by atoms with van der Waals surface area (Å²) >= 11 is 5.93. The monoisotopic (exact) mass is 209 g/mol. The number of hydrogen-bond acceptors (Lipinski definition) is 3. The lowest BCUT2D eigenvalue weighted by Crippen LogP contribution is -1.97. The minimum Gasteiger partial charge on any atom is -0.294 e. The Balaban J connectivity index is 2.85. The van der Waals surface area contributed by atoms with Crippen LogP contribution in [0.2, 0.25) is 5.15 Å². The fraction of sp³-hybridized carbons (Fsp3) is 0.222. The van der Waals surface area contributed by atoms with Gasteiger partial charge in [0.15, 0.2) is 11.4 Å². The van der Waals surface area contributed by atoms with E-state index in [1.54, 1.807) is 6.07 Å². The molecule has 2 aromatic rings. The molecule has 72 valence electrons. The van der Waals surface area contributed by atoms with Crippen LogP contribution in [-0.2, 0) is 0 Å². The SMILES string of the molecule is CC(=O)c1cnn2c(Cl)cc(C)nc12. The maximum Gasteiger partial charge on any atom is 0.167 e. The Kier molecular flexibility index (Phi) is 2.00. The molecule has 2 aromatic heterocycles. The van der Waals surface area contributed by atoms with Crippen molar-refractivity contribution in [2.24, 2.45) is 0 Å². The molecular formula is C9H8ClN3O. The summed E-state index contributed by atoms with van der Waals surface area (Å²) in [6.07, 6.45) is 1.48. The van der Waals surface area contributed by atoms with Crippen molar-refractivity contribution in [1.29, 1.82) is 0 Å². The van der Waals surface area contributed by atoms with Gasteiger partial charge in [0.25, 0.3) is 0 Å². The number of carbonyl (C=O) groups is 1. The summed E-state index contributed by atoms with van der Waals surface area (Å²) < 4.78 is 1.45. The molecule has 0 bridgehead atoms. The second-order valence-electron chi connectivity index (χ2n) is 3.07. The molecule has 0 radical (unpaired) electrons. The van der Waals surface area contributed by atoms with Crippen molar-refractivity contribution >= 4 is 23.0 Å². The molecule has 0 aliphatic rings. The highest BCUT2D eigenvalue weighted by atomic mass is 35.5. The normalized spacial score (nSPS) is 10.8. The van der Waals surface area contributed by atoms with E-state index < -0.39 is 0 Å². The maximum atomic E-state index is 11.2. The van der Waals surface area contributed by atoms with Gasteiger partial charge in [0.05, 0.1) is 11.8 Å². The number of carbonyl (C=O) groups excluding carboxylic acids is 1. The number of aromatic nitrogens is 3. The summed E-state index contributed by atoms with van der Waals surface area (Å²) in [4.78, 5) is 15.4. The first kappa shape index (κ1) is 9.15. The summed E-state index contributed by atoms with van der Waals surface area (Å²) in [5.74, 6) is -0.0610. The minimum absolute atomic E-state index is 0.0610. The van der Waals surface area contributed by atoms with Crippen LogP contribution in [0.25, 0.3) is 5.65 Å². The molecule has 0 spiro atoms. The molecule has 4 nitrogen and oxygen atoms in total. The molecule has 0 aromatic carbocycles. The van der Waals surface area contributed by atoms with Crippen molar-refractivity contribution in [2.75, 3.05) is 0 Å². The molecule has 0 saturated heterocycles. The fourth-order valence-corrected chi connectivity index (χ4v) is 1.57. The molecular weight excluding hydrogens is 202 g/mol. The van der Waals surface area contributed by atoms with E-state index in [9.17, 15) is 4.79 Å². The maximum absolute atomic E-state index is 11.2. The lowest BCUT2D eigenvalue weighted by Gasteiger charge is -1.98. The van der Waals surface area contributed by atoms with Crippen LogP contribution in [0, 0.1) is 6.92 Å². The number of halogens is 1. The van der Waals surface area contributed by atoms with Gasteiger partial charge in [0.1, 0.15) is 5.15 Å². The van der Waals surface area contributed by atoms with Crippen LogP contribution in [0.3, 0.4) is 0 Å². The molecule has 2 heterocycles. The predicted octanol–water partition coefficient (Wildman–Crippen LogP) is 1.89. The number of fused-ring (bicyclic) bond motifs is 1. The van der Waals surface area contributed by atoms with Crippen molar-refractivity contribution in [2.45, 2.75) is 13.8 Å². The van der Waals surface area contributed by atoms with E-state index in [0.29, 0.717) is 16.4 Å². The standard InChI is InChI=1S/C9H8ClN3O/c1-5-3-8(10)13-9(12-5)7(4-11-13)6(2)14/h3-4H,1-2H3. The van der Waals surface area contributed by atoms with Gasteiger partial charge in [-0.15, -0.1) is 0 Å². The van der Waals surface area contributed by atoms with E-state index in [2.05, 4.69) is 10.1 Å². The Labute approximate surface area is 85.5 Å². The molecule has 0 N–H and O–H groups in total. The first-order chi connectivity index (χ1) is 6.59. The van der Waals surface area contributed by atoms with Crippen LogP contribution in [0.4, 0.5) is 0 Å². The third-order valence-electron chi connectivity index (χ3n) is 1.94. The van der Waals surface area contributed by atoms with Gasteiger partial charge in [-0.25, -0.2) is 9.50 Å². The van der Waals surface area contributed by atoms with Gasteiger partial charge >= 0.3 is 0 Å². The highest BCUT2D eigenvalue weighted by molar-refractivity contribution is 6.29. The van der Waals surface area contributed by atoms with Crippen LogP contribution in [0.15, 0.2) is 12.3 Å². The average molecular weight is 210 g/mol. The second-order valence-corrected chi connectivity index (χ2v) is 3.46. The summed E-state index contributed by atoms with van der Waals surface area (Å²) in [6, 6.07) is 1.70. The Morgan fingerprint density at radius 2 is 2.29 bits per heavy atom. The minimum atomic E-state index is -0.0610. The highest BCUT2D eigenvalue weighted by Gasteiger charge is 2.11. The predicted molar refractivity (Wildman–Crippen MR) is 52.7 cm³/mol. The third-order valence-corrected chi connectivity index (χ3v) is 2.20. The summed E-state index contributed by atoms with van der Waals surface area (Å²) in [5, 5.41) is 4.44. The number of ketones is 1. The molecule has 0 aliphatic heterocycles. The van der Waals surface area contributed by atoms with E-state index in [0.717, 1.165) is 5.69 Å². The van der Waals surface area contributed by atoms with Gasteiger partial charge in [-0.05, 0) is 19.9 Å². The highest BCUT2D eigenvalue weighted by Crippen LogP contribution is 2.15. The molecule has 0 aliphatic carbocycles. The van der Waals surface area contributed by atoms with Crippen LogP contribution in [0.5, 0.6) is 0 Å². The molecule has 0 atom stereocenters. The molecule has 14 heavy (non-hydrogen) atoms. The zero-order valence-corrected chi connectivity index (χ0v) is 8.54. The van der Waals surface area contributed by atoms with Gasteiger partial charge in [0.2, 0.25) is 0 Å². The van der Waals surface area contributed by atoms with Crippen molar-refractivity contribution < 1.29 is 4.79 Å². The van der Waals surface area contributed by atoms with E-state index in [1.807, 2.05) is 6.92 Å². The molecule has 0 amide bonds. The van der Waals surface area contributed by atoms with E-state index in [-0.39, 0.29) is 5.78 Å². The number of Topliss-reactive ketones (excluding diaryl/α,β-unsaturated/α-hetero) is 1. The number of rotatable bonds is 1. The Hall–Kier alpha value is -1.42. The largest absolute Gasteiger partial charge is 0.294 e.